The Morgan fingerprint density at radius 1 is 0.926 bits per heavy atom. The largest absolute Gasteiger partial charge is 0.508 e. The van der Waals surface area contributed by atoms with E-state index in [1.54, 1.807) is 24.3 Å². The van der Waals surface area contributed by atoms with Crippen LogP contribution < -0.4 is 5.32 Å². The molecule has 0 amide bonds. The van der Waals surface area contributed by atoms with Crippen LogP contribution in [-0.4, -0.2) is 21.8 Å². The van der Waals surface area contributed by atoms with Gasteiger partial charge in [0.2, 0.25) is 0 Å². The van der Waals surface area contributed by atoms with E-state index >= 15 is 0 Å². The van der Waals surface area contributed by atoms with Crippen molar-refractivity contribution in [1.29, 1.82) is 0 Å². The Morgan fingerprint density at radius 3 is 2.33 bits per heavy atom. The summed E-state index contributed by atoms with van der Waals surface area (Å²) in [7, 11) is 0. The van der Waals surface area contributed by atoms with Crippen LogP contribution in [0.15, 0.2) is 66.7 Å². The summed E-state index contributed by atoms with van der Waals surface area (Å²) in [5.41, 5.74) is 2.04. The van der Waals surface area contributed by atoms with Crippen LogP contribution in [-0.2, 0) is 6.42 Å². The van der Waals surface area contributed by atoms with Gasteiger partial charge in [-0.25, -0.2) is 0 Å². The first kappa shape index (κ1) is 19.4. The van der Waals surface area contributed by atoms with E-state index < -0.39 is 6.10 Å². The molecule has 0 radical (unpaired) electrons. The molecule has 27 heavy (non-hydrogen) atoms. The van der Waals surface area contributed by atoms with Gasteiger partial charge in [-0.2, -0.15) is 0 Å². The molecule has 2 unspecified atom stereocenters. The average Bonchev–Trinajstić information content (AvgIpc) is 2.66. The summed E-state index contributed by atoms with van der Waals surface area (Å²) < 4.78 is 0. The maximum absolute atomic E-state index is 10.6. The average molecular weight is 364 g/mol. The Hall–Kier alpha value is -2.36. The number of phenols is 1. The lowest BCUT2D eigenvalue weighted by molar-refractivity contribution is 0.117. The second kappa shape index (κ2) is 8.12. The van der Waals surface area contributed by atoms with Crippen LogP contribution in [0.5, 0.6) is 5.75 Å². The molecule has 0 heterocycles. The van der Waals surface area contributed by atoms with Crippen molar-refractivity contribution in [2.75, 3.05) is 0 Å². The molecular weight excluding hydrogens is 334 g/mol. The molecule has 0 aliphatic rings. The van der Waals surface area contributed by atoms with E-state index in [2.05, 4.69) is 61.6 Å². The summed E-state index contributed by atoms with van der Waals surface area (Å²) in [6.07, 6.45) is 1.32. The van der Waals surface area contributed by atoms with Crippen molar-refractivity contribution in [2.24, 2.45) is 0 Å². The number of phenolic OH excluding ortho intramolecular Hbond substituents is 1. The molecule has 3 rings (SSSR count). The smallest absolute Gasteiger partial charge is 0.115 e. The first-order valence-electron chi connectivity index (χ1n) is 9.57. The predicted molar refractivity (Wildman–Crippen MR) is 112 cm³/mol. The number of aliphatic hydroxyl groups excluding tert-OH is 1. The van der Waals surface area contributed by atoms with Gasteiger partial charge in [0.25, 0.3) is 0 Å². The molecule has 0 spiro atoms. The number of nitrogens with one attached hydrogen (secondary N) is 1. The van der Waals surface area contributed by atoms with E-state index in [-0.39, 0.29) is 17.3 Å². The van der Waals surface area contributed by atoms with Gasteiger partial charge in [-0.1, -0.05) is 54.6 Å². The molecule has 0 saturated heterocycles. The molecule has 0 aromatic heterocycles. The minimum atomic E-state index is -0.623. The van der Waals surface area contributed by atoms with Crippen molar-refractivity contribution in [3.63, 3.8) is 0 Å². The fourth-order valence-electron chi connectivity index (χ4n) is 3.69. The number of hydrogen-bond acceptors (Lipinski definition) is 3. The van der Waals surface area contributed by atoms with Gasteiger partial charge in [0.1, 0.15) is 5.75 Å². The molecule has 0 aliphatic heterocycles. The van der Waals surface area contributed by atoms with Gasteiger partial charge in [0, 0.05) is 11.6 Å². The molecule has 3 heteroatoms. The summed E-state index contributed by atoms with van der Waals surface area (Å²) in [5.74, 6) is 0.210. The zero-order valence-corrected chi connectivity index (χ0v) is 16.3. The Labute approximate surface area is 161 Å². The molecule has 0 aliphatic carbocycles. The van der Waals surface area contributed by atoms with Crippen LogP contribution in [0.4, 0.5) is 0 Å². The van der Waals surface area contributed by atoms with E-state index in [1.807, 2.05) is 6.92 Å². The molecule has 3 N–H and O–H groups in total. The van der Waals surface area contributed by atoms with Gasteiger partial charge in [0.15, 0.2) is 0 Å². The Morgan fingerprint density at radius 2 is 1.59 bits per heavy atom. The van der Waals surface area contributed by atoms with E-state index in [1.165, 1.54) is 16.3 Å². The summed E-state index contributed by atoms with van der Waals surface area (Å²) >= 11 is 0. The fraction of sp³-hybridized carbons (Fsp3) is 0.333. The molecule has 3 aromatic carbocycles. The Balaban J connectivity index is 1.64. The third-order valence-corrected chi connectivity index (χ3v) is 5.23. The van der Waals surface area contributed by atoms with Crippen molar-refractivity contribution in [2.45, 2.75) is 51.3 Å². The van der Waals surface area contributed by atoms with Crippen LogP contribution in [0.2, 0.25) is 0 Å². The Kier molecular flexibility index (Phi) is 5.83. The minimum absolute atomic E-state index is 0.0999. The number of fused-ring (bicyclic) bond motifs is 1. The van der Waals surface area contributed by atoms with Crippen LogP contribution in [0.1, 0.15) is 44.4 Å². The fourth-order valence-corrected chi connectivity index (χ4v) is 3.69. The highest BCUT2D eigenvalue weighted by Crippen LogP contribution is 2.25. The molecule has 2 atom stereocenters. The minimum Gasteiger partial charge on any atom is -0.508 e. The van der Waals surface area contributed by atoms with Crippen molar-refractivity contribution < 1.29 is 10.2 Å². The van der Waals surface area contributed by atoms with Crippen molar-refractivity contribution >= 4 is 10.8 Å². The lowest BCUT2D eigenvalue weighted by Gasteiger charge is -2.33. The van der Waals surface area contributed by atoms with Gasteiger partial charge in [-0.05, 0) is 67.6 Å². The second-order valence-electron chi connectivity index (χ2n) is 7.99. The monoisotopic (exact) mass is 363 g/mol. The van der Waals surface area contributed by atoms with E-state index in [4.69, 9.17) is 0 Å². The van der Waals surface area contributed by atoms with Gasteiger partial charge in [-0.3, -0.25) is 0 Å². The highest BCUT2D eigenvalue weighted by atomic mass is 16.3. The predicted octanol–water partition coefficient (Wildman–Crippen LogP) is 4.97. The number of aromatic hydroxyl groups is 1. The van der Waals surface area contributed by atoms with E-state index in [0.717, 1.165) is 18.4 Å². The Bertz CT molecular complexity index is 881. The first-order chi connectivity index (χ1) is 12.9. The molecule has 0 bridgehead atoms. The summed E-state index contributed by atoms with van der Waals surface area (Å²) in [6, 6.07) is 21.6. The molecule has 3 nitrogen and oxygen atoms in total. The standard InChI is InChI=1S/C24H29NO2/c1-17(23(27)20-11-13-21(26)14-12-20)25-24(2,3)16-15-19-9-6-8-18-7-4-5-10-22(18)19/h4-14,17,23,25-27H,15-16H2,1-3H3. The van der Waals surface area contributed by atoms with Crippen molar-refractivity contribution in [3.05, 3.63) is 77.9 Å². The zero-order chi connectivity index (χ0) is 19.4. The molecule has 0 saturated carbocycles. The quantitative estimate of drug-likeness (QED) is 0.555. The van der Waals surface area contributed by atoms with Gasteiger partial charge < -0.3 is 15.5 Å². The first-order valence-corrected chi connectivity index (χ1v) is 9.57. The van der Waals surface area contributed by atoms with Crippen LogP contribution >= 0.6 is 0 Å². The summed E-state index contributed by atoms with van der Waals surface area (Å²) in [5, 5.41) is 26.2. The lowest BCUT2D eigenvalue weighted by atomic mass is 9.91. The van der Waals surface area contributed by atoms with Crippen LogP contribution in [0.3, 0.4) is 0 Å². The maximum atomic E-state index is 10.6. The second-order valence-corrected chi connectivity index (χ2v) is 7.99. The van der Waals surface area contributed by atoms with Gasteiger partial charge in [-0.15, -0.1) is 0 Å². The summed E-state index contributed by atoms with van der Waals surface area (Å²) in [6.45, 7) is 6.35. The highest BCUT2D eigenvalue weighted by Gasteiger charge is 2.25. The summed E-state index contributed by atoms with van der Waals surface area (Å²) in [4.78, 5) is 0. The topological polar surface area (TPSA) is 52.5 Å². The number of aryl methyl sites for hydroxylation is 1. The number of rotatable bonds is 7. The third-order valence-electron chi connectivity index (χ3n) is 5.23. The van der Waals surface area contributed by atoms with Gasteiger partial charge >= 0.3 is 0 Å². The van der Waals surface area contributed by atoms with Crippen molar-refractivity contribution in [1.82, 2.24) is 5.32 Å². The van der Waals surface area contributed by atoms with Gasteiger partial charge in [0.05, 0.1) is 6.10 Å². The lowest BCUT2D eigenvalue weighted by Crippen LogP contribution is -2.47. The van der Waals surface area contributed by atoms with Crippen LogP contribution in [0.25, 0.3) is 10.8 Å². The third kappa shape index (κ3) is 4.88. The number of hydrogen-bond donors (Lipinski definition) is 3. The van der Waals surface area contributed by atoms with Crippen molar-refractivity contribution in [3.8, 4) is 5.75 Å². The normalized spacial score (nSPS) is 14.2. The number of aliphatic hydroxyl groups is 1. The highest BCUT2D eigenvalue weighted by molar-refractivity contribution is 5.85. The van der Waals surface area contributed by atoms with E-state index in [0.29, 0.717) is 0 Å². The van der Waals surface area contributed by atoms with E-state index in [9.17, 15) is 10.2 Å². The molecule has 142 valence electrons. The molecule has 0 fully saturated rings. The zero-order valence-electron chi connectivity index (χ0n) is 16.3. The maximum Gasteiger partial charge on any atom is 0.115 e. The SMILES string of the molecule is CC(NC(C)(C)CCc1cccc2ccccc12)C(O)c1ccc(O)cc1. The molecular formula is C24H29NO2. The van der Waals surface area contributed by atoms with Crippen LogP contribution in [0, 0.1) is 0 Å². The molecule has 3 aromatic rings. The number of benzene rings is 3.